The van der Waals surface area contributed by atoms with Crippen molar-refractivity contribution >= 4 is 96.9 Å². The molecule has 0 saturated heterocycles. The summed E-state index contributed by atoms with van der Waals surface area (Å²) in [5, 5.41) is 9.65. The summed E-state index contributed by atoms with van der Waals surface area (Å²) in [7, 11) is 0. The van der Waals surface area contributed by atoms with Crippen molar-refractivity contribution in [3.8, 4) is 107 Å². The van der Waals surface area contributed by atoms with Crippen LogP contribution < -0.4 is 0 Å². The second-order valence-electron chi connectivity index (χ2n) is 25.6. The van der Waals surface area contributed by atoms with Crippen molar-refractivity contribution in [2.45, 2.75) is 0 Å². The first-order valence-electron chi connectivity index (χ1n) is 33.7. The summed E-state index contributed by atoms with van der Waals surface area (Å²) in [6, 6.07) is 121. The molecular formula is C91H56N8S. The van der Waals surface area contributed by atoms with E-state index in [-0.39, 0.29) is 0 Å². The number of benzene rings is 14. The zero-order chi connectivity index (χ0) is 65.8. The average Bonchev–Trinajstić information content (AvgIpc) is 1.57. The third-order valence-corrected chi connectivity index (χ3v) is 20.9. The number of aromatic nitrogens is 8. The Labute approximate surface area is 579 Å². The Hall–Kier alpha value is -13.2. The van der Waals surface area contributed by atoms with Gasteiger partial charge in [-0.15, -0.1) is 11.3 Å². The van der Waals surface area contributed by atoms with Gasteiger partial charge in [0.25, 0.3) is 0 Å². The summed E-state index contributed by atoms with van der Waals surface area (Å²) in [4.78, 5) is 26.7. The largest absolute Gasteiger partial charge is 0.309 e. The summed E-state index contributed by atoms with van der Waals surface area (Å²) in [6.45, 7) is 0. The van der Waals surface area contributed by atoms with E-state index in [0.29, 0.717) is 23.3 Å². The highest BCUT2D eigenvalue weighted by atomic mass is 32.1. The minimum absolute atomic E-state index is 0.585. The molecule has 0 spiro atoms. The standard InChI is InChI=1S/C91H56N8S/c1-4-22-57(23-5-1)62-28-20-29-64(50-62)90-94-89(95-91(96-90)65-30-21-31-67(51-65)99-83-40-18-12-34-72(83)75-47-48-76-74-36-14-19-41-85(74)100-87(76)86(75)99)61-44-42-58(43-45-61)63-46-49-84-77(54-63)73-35-13-17-39-82(73)98(84)69-53-66(52-68(55-69)97-80-37-15-10-32-70(80)71-33-11-16-38-81(71)97)79-56-78(59-24-6-2-7-25-59)92-88(93-79)60-26-8-3-9-27-60/h1-56H. The van der Waals surface area contributed by atoms with Gasteiger partial charge in [0.2, 0.25) is 0 Å². The highest BCUT2D eigenvalue weighted by molar-refractivity contribution is 7.26. The van der Waals surface area contributed by atoms with Crippen LogP contribution in [0.5, 0.6) is 0 Å². The molecule has 8 nitrogen and oxygen atoms in total. The van der Waals surface area contributed by atoms with Gasteiger partial charge in [0.1, 0.15) is 0 Å². The molecule has 0 aliphatic carbocycles. The molecule has 466 valence electrons. The third-order valence-electron chi connectivity index (χ3n) is 19.7. The quantitative estimate of drug-likeness (QED) is 0.129. The number of rotatable bonds is 11. The second kappa shape index (κ2) is 23.3. The van der Waals surface area contributed by atoms with Gasteiger partial charge < -0.3 is 13.7 Å². The summed E-state index contributed by atoms with van der Waals surface area (Å²) in [5.74, 6) is 2.43. The first-order valence-corrected chi connectivity index (χ1v) is 34.5. The van der Waals surface area contributed by atoms with Crippen LogP contribution in [0, 0.1) is 0 Å². The molecule has 0 aliphatic rings. The SMILES string of the molecule is c1ccc(-c2cccc(-c3nc(-c4ccc(-c5ccc6c(c5)c5ccccc5n6-c5cc(-c6cc(-c7ccccc7)nc(-c7ccccc7)n6)cc(-n6c7ccccc7c7ccccc76)c5)cc4)nc(-c4cccc(-n5c6ccccc6c6ccc7c8ccccc8sc7c65)c4)n3)c2)cc1. The maximum atomic E-state index is 5.41. The fourth-order valence-electron chi connectivity index (χ4n) is 15.0. The Balaban J connectivity index is 0.719. The summed E-state index contributed by atoms with van der Waals surface area (Å²) in [5.41, 5.74) is 21.5. The number of thiophene rings is 1. The van der Waals surface area contributed by atoms with Crippen LogP contribution in [0.15, 0.2) is 340 Å². The molecule has 100 heavy (non-hydrogen) atoms. The van der Waals surface area contributed by atoms with Crippen molar-refractivity contribution in [1.82, 2.24) is 38.6 Å². The summed E-state index contributed by atoms with van der Waals surface area (Å²) >= 11 is 1.86. The van der Waals surface area contributed by atoms with Gasteiger partial charge in [-0.1, -0.05) is 255 Å². The number of hydrogen-bond acceptors (Lipinski definition) is 6. The van der Waals surface area contributed by atoms with Gasteiger partial charge >= 0.3 is 0 Å². The van der Waals surface area contributed by atoms with Crippen LogP contribution in [0.1, 0.15) is 0 Å². The van der Waals surface area contributed by atoms with Crippen LogP contribution in [0.4, 0.5) is 0 Å². The molecule has 0 unspecified atom stereocenters. The zero-order valence-electron chi connectivity index (χ0n) is 53.8. The lowest BCUT2D eigenvalue weighted by atomic mass is 10.0. The Bertz CT molecular complexity index is 6530. The lowest BCUT2D eigenvalue weighted by Crippen LogP contribution is -2.01. The average molecular weight is 1290 g/mol. The number of fused-ring (bicyclic) bond motifs is 13. The molecule has 6 heterocycles. The van der Waals surface area contributed by atoms with Crippen LogP contribution in [-0.4, -0.2) is 38.6 Å². The van der Waals surface area contributed by atoms with E-state index in [1.165, 1.54) is 47.2 Å². The Morgan fingerprint density at radius 1 is 0.200 bits per heavy atom. The highest BCUT2D eigenvalue weighted by Crippen LogP contribution is 2.45. The monoisotopic (exact) mass is 1290 g/mol. The molecule has 0 atom stereocenters. The Kier molecular flexibility index (Phi) is 13.3. The minimum Gasteiger partial charge on any atom is -0.309 e. The van der Waals surface area contributed by atoms with Gasteiger partial charge in [-0.05, 0) is 107 Å². The van der Waals surface area contributed by atoms with Gasteiger partial charge in [0.05, 0.1) is 49.2 Å². The second-order valence-corrected chi connectivity index (χ2v) is 26.6. The lowest BCUT2D eigenvalue weighted by Gasteiger charge is -2.16. The molecule has 20 rings (SSSR count). The van der Waals surface area contributed by atoms with E-state index in [0.717, 1.165) is 122 Å². The predicted octanol–water partition coefficient (Wildman–Crippen LogP) is 23.7. The van der Waals surface area contributed by atoms with Gasteiger partial charge in [0, 0.05) is 98.2 Å². The molecule has 14 aromatic carbocycles. The summed E-state index contributed by atoms with van der Waals surface area (Å²) in [6.07, 6.45) is 0. The molecule has 0 fully saturated rings. The fourth-order valence-corrected chi connectivity index (χ4v) is 16.3. The maximum Gasteiger partial charge on any atom is 0.164 e. The molecule has 6 aromatic heterocycles. The smallest absolute Gasteiger partial charge is 0.164 e. The summed E-state index contributed by atoms with van der Waals surface area (Å²) < 4.78 is 9.79. The van der Waals surface area contributed by atoms with Crippen LogP contribution in [0.25, 0.3) is 193 Å². The van der Waals surface area contributed by atoms with E-state index < -0.39 is 0 Å². The van der Waals surface area contributed by atoms with E-state index in [1.807, 2.05) is 41.7 Å². The molecule has 0 radical (unpaired) electrons. The van der Waals surface area contributed by atoms with Gasteiger partial charge in [-0.25, -0.2) is 24.9 Å². The molecule has 0 N–H and O–H groups in total. The Morgan fingerprint density at radius 3 is 1.24 bits per heavy atom. The highest BCUT2D eigenvalue weighted by Gasteiger charge is 2.23. The van der Waals surface area contributed by atoms with E-state index in [9.17, 15) is 0 Å². The predicted molar refractivity (Wildman–Crippen MR) is 415 cm³/mol. The zero-order valence-corrected chi connectivity index (χ0v) is 54.6. The van der Waals surface area contributed by atoms with E-state index in [4.69, 9.17) is 24.9 Å². The Morgan fingerprint density at radius 2 is 0.600 bits per heavy atom. The van der Waals surface area contributed by atoms with Crippen LogP contribution in [0.3, 0.4) is 0 Å². The van der Waals surface area contributed by atoms with Crippen LogP contribution in [0.2, 0.25) is 0 Å². The molecule has 0 amide bonds. The van der Waals surface area contributed by atoms with Gasteiger partial charge in [-0.3, -0.25) is 0 Å². The normalized spacial score (nSPS) is 11.8. The molecule has 0 aliphatic heterocycles. The molecule has 20 aromatic rings. The van der Waals surface area contributed by atoms with E-state index >= 15 is 0 Å². The van der Waals surface area contributed by atoms with Crippen molar-refractivity contribution in [1.29, 1.82) is 0 Å². The van der Waals surface area contributed by atoms with E-state index in [1.54, 1.807) is 0 Å². The molecular weight excluding hydrogens is 1240 g/mol. The van der Waals surface area contributed by atoms with Crippen LogP contribution >= 0.6 is 11.3 Å². The van der Waals surface area contributed by atoms with Crippen LogP contribution in [-0.2, 0) is 0 Å². The van der Waals surface area contributed by atoms with Gasteiger partial charge in [-0.2, -0.15) is 0 Å². The number of nitrogens with zero attached hydrogens (tertiary/aromatic N) is 8. The molecule has 0 bridgehead atoms. The van der Waals surface area contributed by atoms with Crippen molar-refractivity contribution in [3.05, 3.63) is 340 Å². The molecule has 9 heteroatoms. The maximum absolute atomic E-state index is 5.41. The lowest BCUT2D eigenvalue weighted by molar-refractivity contribution is 1.07. The van der Waals surface area contributed by atoms with Crippen molar-refractivity contribution in [2.75, 3.05) is 0 Å². The number of para-hydroxylation sites is 4. The van der Waals surface area contributed by atoms with Crippen molar-refractivity contribution in [2.24, 2.45) is 0 Å². The van der Waals surface area contributed by atoms with Crippen molar-refractivity contribution in [3.63, 3.8) is 0 Å². The minimum atomic E-state index is 0.585. The van der Waals surface area contributed by atoms with E-state index in [2.05, 4.69) is 323 Å². The topological polar surface area (TPSA) is 79.2 Å². The first-order chi connectivity index (χ1) is 49.5. The van der Waals surface area contributed by atoms with Gasteiger partial charge in [0.15, 0.2) is 23.3 Å². The van der Waals surface area contributed by atoms with Crippen molar-refractivity contribution < 1.29 is 0 Å². The number of hydrogen-bond donors (Lipinski definition) is 0. The fraction of sp³-hybridized carbons (Fsp3) is 0. The third kappa shape index (κ3) is 9.54. The molecule has 0 saturated carbocycles. The first kappa shape index (κ1) is 57.1.